The van der Waals surface area contributed by atoms with Gasteiger partial charge >= 0.3 is 0 Å². The van der Waals surface area contributed by atoms with Crippen molar-refractivity contribution in [3.8, 4) is 11.1 Å². The van der Waals surface area contributed by atoms with Crippen molar-refractivity contribution in [1.82, 2.24) is 4.98 Å². The number of nitrogens with zero attached hydrogens (tertiary/aromatic N) is 1. The lowest BCUT2D eigenvalue weighted by atomic mass is 9.93. The number of aromatic nitrogens is 1. The van der Waals surface area contributed by atoms with Gasteiger partial charge in [-0.15, -0.1) is 0 Å². The molecular weight excluding hydrogens is 295 g/mol. The number of fused-ring (bicyclic) bond motifs is 1. The predicted molar refractivity (Wildman–Crippen MR) is 92.4 cm³/mol. The van der Waals surface area contributed by atoms with Crippen LogP contribution in [-0.4, -0.2) is 4.98 Å². The van der Waals surface area contributed by atoms with Crippen molar-refractivity contribution in [3.05, 3.63) is 65.6 Å². The Labute approximate surface area is 134 Å². The van der Waals surface area contributed by atoms with Crippen LogP contribution in [0.5, 0.6) is 0 Å². The lowest BCUT2D eigenvalue weighted by Gasteiger charge is -2.18. The van der Waals surface area contributed by atoms with Crippen LogP contribution in [0.3, 0.4) is 0 Å². The fraction of sp³-hybridized carbons (Fsp3) is 0.167. The zero-order valence-corrected chi connectivity index (χ0v) is 13.1. The highest BCUT2D eigenvalue weighted by Gasteiger charge is 2.18. The molecular formula is C18H17FN2S. The molecule has 0 saturated carbocycles. The van der Waals surface area contributed by atoms with Crippen LogP contribution in [0.4, 0.5) is 4.39 Å². The third-order valence-electron chi connectivity index (χ3n) is 3.73. The Morgan fingerprint density at radius 1 is 1.18 bits per heavy atom. The molecule has 4 heteroatoms. The Hall–Kier alpha value is -1.91. The summed E-state index contributed by atoms with van der Waals surface area (Å²) in [6, 6.07) is 14.3. The van der Waals surface area contributed by atoms with Crippen molar-refractivity contribution in [2.24, 2.45) is 5.73 Å². The van der Waals surface area contributed by atoms with Gasteiger partial charge in [-0.3, -0.25) is 4.98 Å². The average Bonchev–Trinajstić information content (AvgIpc) is 2.53. The molecule has 1 unspecified atom stereocenters. The molecule has 0 aliphatic heterocycles. The Bertz CT molecular complexity index is 816. The molecule has 0 fully saturated rings. The fourth-order valence-corrected chi connectivity index (χ4v) is 3.07. The summed E-state index contributed by atoms with van der Waals surface area (Å²) in [5, 5.41) is 0.790. The van der Waals surface area contributed by atoms with Gasteiger partial charge < -0.3 is 5.73 Å². The Balaban J connectivity index is 2.43. The van der Waals surface area contributed by atoms with E-state index in [0.29, 0.717) is 5.75 Å². The number of rotatable bonds is 3. The van der Waals surface area contributed by atoms with E-state index in [1.807, 2.05) is 37.3 Å². The van der Waals surface area contributed by atoms with Gasteiger partial charge in [0.25, 0.3) is 0 Å². The van der Waals surface area contributed by atoms with E-state index in [2.05, 4.69) is 17.6 Å². The van der Waals surface area contributed by atoms with E-state index in [0.717, 1.165) is 33.3 Å². The van der Waals surface area contributed by atoms with Crippen LogP contribution >= 0.6 is 12.6 Å². The largest absolute Gasteiger partial charge is 0.323 e. The molecule has 2 N–H and O–H groups in total. The average molecular weight is 312 g/mol. The lowest BCUT2D eigenvalue weighted by molar-refractivity contribution is 0.629. The van der Waals surface area contributed by atoms with E-state index in [1.54, 1.807) is 6.07 Å². The topological polar surface area (TPSA) is 38.9 Å². The number of hydrogen-bond donors (Lipinski definition) is 2. The molecule has 0 spiro atoms. The third-order valence-corrected chi connectivity index (χ3v) is 4.05. The first kappa shape index (κ1) is 15.0. The summed E-state index contributed by atoms with van der Waals surface area (Å²) in [6.07, 6.45) is 0. The number of halogens is 1. The van der Waals surface area contributed by atoms with Crippen LogP contribution in [0.15, 0.2) is 48.5 Å². The van der Waals surface area contributed by atoms with Crippen LogP contribution in [-0.2, 0) is 5.75 Å². The Morgan fingerprint density at radius 3 is 2.55 bits per heavy atom. The fourth-order valence-electron chi connectivity index (χ4n) is 2.74. The van der Waals surface area contributed by atoms with Crippen LogP contribution in [0.1, 0.15) is 24.2 Å². The summed E-state index contributed by atoms with van der Waals surface area (Å²) in [7, 11) is 0. The van der Waals surface area contributed by atoms with Gasteiger partial charge in [0, 0.05) is 22.7 Å². The zero-order chi connectivity index (χ0) is 15.7. The van der Waals surface area contributed by atoms with Crippen LogP contribution < -0.4 is 5.73 Å². The quantitative estimate of drug-likeness (QED) is 0.699. The summed E-state index contributed by atoms with van der Waals surface area (Å²) in [4.78, 5) is 4.68. The highest BCUT2D eigenvalue weighted by Crippen LogP contribution is 2.35. The van der Waals surface area contributed by atoms with Crippen molar-refractivity contribution in [1.29, 1.82) is 0 Å². The second-order valence-corrected chi connectivity index (χ2v) is 5.64. The molecule has 3 aromatic rings. The standard InChI is InChI=1S/C18H17FN2S/c1-11(20)18-17(12-5-3-2-4-6-12)15(10-22)14-9-13(19)7-8-16(14)21-18/h2-9,11,22H,10,20H2,1H3. The third kappa shape index (κ3) is 2.60. The van der Waals surface area contributed by atoms with Gasteiger partial charge in [-0.25, -0.2) is 4.39 Å². The highest BCUT2D eigenvalue weighted by molar-refractivity contribution is 7.79. The van der Waals surface area contributed by atoms with Gasteiger partial charge in [0.1, 0.15) is 5.82 Å². The number of benzene rings is 2. The smallest absolute Gasteiger partial charge is 0.123 e. The molecule has 2 nitrogen and oxygen atoms in total. The van der Waals surface area contributed by atoms with Crippen molar-refractivity contribution in [2.75, 3.05) is 0 Å². The molecule has 0 radical (unpaired) electrons. The van der Waals surface area contributed by atoms with Crippen molar-refractivity contribution in [2.45, 2.75) is 18.7 Å². The van der Waals surface area contributed by atoms with Gasteiger partial charge in [-0.2, -0.15) is 12.6 Å². The molecule has 1 heterocycles. The number of pyridine rings is 1. The van der Waals surface area contributed by atoms with Crippen LogP contribution in [0.2, 0.25) is 0 Å². The normalized spacial score (nSPS) is 12.5. The number of hydrogen-bond acceptors (Lipinski definition) is 3. The molecule has 1 atom stereocenters. The zero-order valence-electron chi connectivity index (χ0n) is 12.3. The van der Waals surface area contributed by atoms with Crippen molar-refractivity contribution >= 4 is 23.5 Å². The van der Waals surface area contributed by atoms with Gasteiger partial charge in [0.15, 0.2) is 0 Å². The molecule has 3 rings (SSSR count). The summed E-state index contributed by atoms with van der Waals surface area (Å²) in [5.74, 6) is 0.219. The maximum absolute atomic E-state index is 13.7. The molecule has 22 heavy (non-hydrogen) atoms. The SMILES string of the molecule is CC(N)c1nc2ccc(F)cc2c(CS)c1-c1ccccc1. The molecule has 0 saturated heterocycles. The summed E-state index contributed by atoms with van der Waals surface area (Å²) < 4.78 is 13.7. The molecule has 0 bridgehead atoms. The van der Waals surface area contributed by atoms with E-state index in [-0.39, 0.29) is 11.9 Å². The number of thiol groups is 1. The van der Waals surface area contributed by atoms with Crippen molar-refractivity contribution in [3.63, 3.8) is 0 Å². The van der Waals surface area contributed by atoms with Crippen LogP contribution in [0, 0.1) is 5.82 Å². The van der Waals surface area contributed by atoms with Gasteiger partial charge in [-0.1, -0.05) is 30.3 Å². The maximum atomic E-state index is 13.7. The van der Waals surface area contributed by atoms with Gasteiger partial charge in [-0.05, 0) is 36.2 Å². The Morgan fingerprint density at radius 2 is 1.91 bits per heavy atom. The molecule has 1 aromatic heterocycles. The summed E-state index contributed by atoms with van der Waals surface area (Å²) in [6.45, 7) is 1.91. The molecule has 2 aromatic carbocycles. The van der Waals surface area contributed by atoms with Gasteiger partial charge in [0.05, 0.1) is 11.2 Å². The minimum Gasteiger partial charge on any atom is -0.323 e. The molecule has 112 valence electrons. The first-order valence-corrected chi connectivity index (χ1v) is 7.79. The minimum absolute atomic E-state index is 0.219. The lowest BCUT2D eigenvalue weighted by Crippen LogP contribution is -2.11. The number of nitrogens with two attached hydrogens (primary N) is 1. The maximum Gasteiger partial charge on any atom is 0.123 e. The van der Waals surface area contributed by atoms with E-state index >= 15 is 0 Å². The molecule has 0 amide bonds. The molecule has 0 aliphatic rings. The van der Waals surface area contributed by atoms with Crippen molar-refractivity contribution < 1.29 is 4.39 Å². The van der Waals surface area contributed by atoms with E-state index in [9.17, 15) is 4.39 Å². The van der Waals surface area contributed by atoms with Gasteiger partial charge in [0.2, 0.25) is 0 Å². The van der Waals surface area contributed by atoms with E-state index in [4.69, 9.17) is 5.73 Å². The molecule has 0 aliphatic carbocycles. The monoisotopic (exact) mass is 312 g/mol. The first-order chi connectivity index (χ1) is 10.6. The highest BCUT2D eigenvalue weighted by atomic mass is 32.1. The van der Waals surface area contributed by atoms with Crippen LogP contribution in [0.25, 0.3) is 22.0 Å². The predicted octanol–water partition coefficient (Wildman–Crippen LogP) is 4.49. The van der Waals surface area contributed by atoms with E-state index in [1.165, 1.54) is 12.1 Å². The summed E-state index contributed by atoms with van der Waals surface area (Å²) >= 11 is 4.46. The Kier molecular flexibility index (Phi) is 4.14. The first-order valence-electron chi connectivity index (χ1n) is 7.15. The minimum atomic E-state index is -0.273. The summed E-state index contributed by atoms with van der Waals surface area (Å²) in [5.41, 5.74) is 10.6. The second-order valence-electron chi connectivity index (χ2n) is 5.32. The van der Waals surface area contributed by atoms with E-state index < -0.39 is 0 Å². The second kappa shape index (κ2) is 6.07.